The quantitative estimate of drug-likeness (QED) is 0.915. The number of benzene rings is 1. The highest BCUT2D eigenvalue weighted by atomic mass is 19.4. The Morgan fingerprint density at radius 3 is 2.52 bits per heavy atom. The average Bonchev–Trinajstić information content (AvgIpc) is 2.46. The summed E-state index contributed by atoms with van der Waals surface area (Å²) in [6.07, 6.45) is -3.38. The number of alkyl halides is 3. The Morgan fingerprint density at radius 1 is 1.26 bits per heavy atom. The summed E-state index contributed by atoms with van der Waals surface area (Å²) >= 11 is 0. The fraction of sp³-hybridized carbons (Fsp3) is 0.647. The second kappa shape index (κ2) is 7.09. The van der Waals surface area contributed by atoms with E-state index in [1.54, 1.807) is 6.07 Å². The Morgan fingerprint density at radius 2 is 1.96 bits per heavy atom. The number of nitrogens with one attached hydrogen (secondary N) is 1. The van der Waals surface area contributed by atoms with Crippen LogP contribution in [-0.4, -0.2) is 50.2 Å². The molecule has 1 N–H and O–H groups in total. The smallest absolute Gasteiger partial charge is 0.370 e. The standard InChI is InChI=1S/C17H26F3N3/c1-12(2)21-15-8-9-23(11-16(15)22(3)4)14-7-5-6-13(10-14)17(18,19)20/h5-7,10,12,15-16,21H,8-9,11H2,1-4H3/t15-,16-/m1/s1. The lowest BCUT2D eigenvalue weighted by Gasteiger charge is -2.43. The number of halogens is 3. The molecule has 1 aliphatic heterocycles. The molecule has 0 unspecified atom stereocenters. The third-order valence-corrected chi connectivity index (χ3v) is 4.33. The summed E-state index contributed by atoms with van der Waals surface area (Å²) in [4.78, 5) is 4.21. The van der Waals surface area contributed by atoms with Gasteiger partial charge in [-0.25, -0.2) is 0 Å². The molecule has 1 heterocycles. The van der Waals surface area contributed by atoms with Gasteiger partial charge in [0, 0.05) is 36.9 Å². The highest BCUT2D eigenvalue weighted by Gasteiger charge is 2.33. The van der Waals surface area contributed by atoms with Crippen molar-refractivity contribution in [2.75, 3.05) is 32.1 Å². The predicted octanol–water partition coefficient (Wildman–Crippen LogP) is 3.21. The Bertz CT molecular complexity index is 514. The monoisotopic (exact) mass is 329 g/mol. The van der Waals surface area contributed by atoms with Crippen LogP contribution in [0.1, 0.15) is 25.8 Å². The van der Waals surface area contributed by atoms with Crippen LogP contribution in [0.3, 0.4) is 0 Å². The molecule has 130 valence electrons. The van der Waals surface area contributed by atoms with Gasteiger partial charge in [-0.1, -0.05) is 19.9 Å². The Balaban J connectivity index is 2.16. The first-order valence-electron chi connectivity index (χ1n) is 8.03. The second-order valence-electron chi connectivity index (χ2n) is 6.74. The van der Waals surface area contributed by atoms with Crippen molar-refractivity contribution in [3.8, 4) is 0 Å². The van der Waals surface area contributed by atoms with E-state index in [4.69, 9.17) is 0 Å². The highest BCUT2D eigenvalue weighted by molar-refractivity contribution is 5.50. The van der Waals surface area contributed by atoms with Crippen LogP contribution >= 0.6 is 0 Å². The molecule has 0 amide bonds. The van der Waals surface area contributed by atoms with E-state index < -0.39 is 11.7 Å². The van der Waals surface area contributed by atoms with Crippen LogP contribution in [0.25, 0.3) is 0 Å². The molecule has 1 aromatic carbocycles. The van der Waals surface area contributed by atoms with E-state index >= 15 is 0 Å². The van der Waals surface area contributed by atoms with Crippen molar-refractivity contribution in [3.05, 3.63) is 29.8 Å². The summed E-state index contributed by atoms with van der Waals surface area (Å²) in [5, 5.41) is 3.57. The van der Waals surface area contributed by atoms with Crippen molar-refractivity contribution in [2.24, 2.45) is 0 Å². The van der Waals surface area contributed by atoms with Gasteiger partial charge in [0.05, 0.1) is 5.56 Å². The van der Waals surface area contributed by atoms with E-state index in [2.05, 4.69) is 29.0 Å². The van der Waals surface area contributed by atoms with Crippen LogP contribution in [0, 0.1) is 0 Å². The number of likely N-dealkylation sites (N-methyl/N-ethyl adjacent to an activating group) is 1. The summed E-state index contributed by atoms with van der Waals surface area (Å²) in [7, 11) is 4.05. The van der Waals surface area contributed by atoms with Crippen molar-refractivity contribution in [1.29, 1.82) is 0 Å². The van der Waals surface area contributed by atoms with Gasteiger partial charge in [0.1, 0.15) is 0 Å². The molecule has 23 heavy (non-hydrogen) atoms. The summed E-state index contributed by atoms with van der Waals surface area (Å²) in [5.41, 5.74) is 0.0634. The molecule has 3 nitrogen and oxygen atoms in total. The van der Waals surface area contributed by atoms with Crippen LogP contribution in [0.5, 0.6) is 0 Å². The van der Waals surface area contributed by atoms with Crippen LogP contribution in [0.15, 0.2) is 24.3 Å². The van der Waals surface area contributed by atoms with E-state index in [9.17, 15) is 13.2 Å². The Labute approximate surface area is 136 Å². The number of hydrogen-bond donors (Lipinski definition) is 1. The largest absolute Gasteiger partial charge is 0.416 e. The molecule has 2 atom stereocenters. The van der Waals surface area contributed by atoms with Crippen molar-refractivity contribution in [3.63, 3.8) is 0 Å². The van der Waals surface area contributed by atoms with Crippen LogP contribution in [-0.2, 0) is 6.18 Å². The maximum Gasteiger partial charge on any atom is 0.416 e. The minimum absolute atomic E-state index is 0.265. The van der Waals surface area contributed by atoms with Crippen molar-refractivity contribution in [2.45, 2.75) is 44.6 Å². The maximum absolute atomic E-state index is 12.9. The minimum Gasteiger partial charge on any atom is -0.370 e. The summed E-state index contributed by atoms with van der Waals surface area (Å²) in [6, 6.07) is 6.64. The first kappa shape index (κ1) is 18.1. The zero-order valence-electron chi connectivity index (χ0n) is 14.2. The highest BCUT2D eigenvalue weighted by Crippen LogP contribution is 2.32. The third-order valence-electron chi connectivity index (χ3n) is 4.33. The Kier molecular flexibility index (Phi) is 5.57. The van der Waals surface area contributed by atoms with Gasteiger partial charge < -0.3 is 15.1 Å². The zero-order chi connectivity index (χ0) is 17.2. The normalized spacial score (nSPS) is 22.9. The van der Waals surface area contributed by atoms with Gasteiger partial charge in [0.25, 0.3) is 0 Å². The molecule has 0 bridgehead atoms. The molecule has 2 rings (SSSR count). The van der Waals surface area contributed by atoms with E-state index in [0.29, 0.717) is 17.8 Å². The van der Waals surface area contributed by atoms with Gasteiger partial charge in [0.2, 0.25) is 0 Å². The van der Waals surface area contributed by atoms with Gasteiger partial charge in [-0.15, -0.1) is 0 Å². The molecule has 1 fully saturated rings. The molecule has 0 aromatic heterocycles. The lowest BCUT2D eigenvalue weighted by Crippen LogP contribution is -2.59. The summed E-state index contributed by atoms with van der Waals surface area (Å²) in [6.45, 7) is 5.71. The van der Waals surface area contributed by atoms with Crippen LogP contribution < -0.4 is 10.2 Å². The number of hydrogen-bond acceptors (Lipinski definition) is 3. The molecule has 0 radical (unpaired) electrons. The maximum atomic E-state index is 12.9. The molecule has 1 saturated heterocycles. The lowest BCUT2D eigenvalue weighted by molar-refractivity contribution is -0.137. The molecular formula is C17H26F3N3. The first-order chi connectivity index (χ1) is 10.7. The predicted molar refractivity (Wildman–Crippen MR) is 87.8 cm³/mol. The van der Waals surface area contributed by atoms with Gasteiger partial charge in [0.15, 0.2) is 0 Å². The fourth-order valence-corrected chi connectivity index (χ4v) is 3.19. The van der Waals surface area contributed by atoms with Gasteiger partial charge in [-0.05, 0) is 38.7 Å². The topological polar surface area (TPSA) is 18.5 Å². The minimum atomic E-state index is -4.30. The van der Waals surface area contributed by atoms with Gasteiger partial charge in [-0.2, -0.15) is 13.2 Å². The third kappa shape index (κ3) is 4.61. The molecule has 0 spiro atoms. The van der Waals surface area contributed by atoms with E-state index in [0.717, 1.165) is 25.6 Å². The summed E-state index contributed by atoms with van der Waals surface area (Å²) < 4.78 is 38.7. The first-order valence-corrected chi connectivity index (χ1v) is 8.03. The van der Waals surface area contributed by atoms with Crippen molar-refractivity contribution < 1.29 is 13.2 Å². The molecule has 6 heteroatoms. The van der Waals surface area contributed by atoms with E-state index in [1.165, 1.54) is 12.1 Å². The summed E-state index contributed by atoms with van der Waals surface area (Å²) in [5.74, 6) is 0. The van der Waals surface area contributed by atoms with Gasteiger partial charge in [-0.3, -0.25) is 0 Å². The number of nitrogens with zero attached hydrogens (tertiary/aromatic N) is 2. The number of piperidine rings is 1. The number of anilines is 1. The SMILES string of the molecule is CC(C)N[C@@H]1CCN(c2cccc(C(F)(F)F)c2)C[C@H]1N(C)C. The number of rotatable bonds is 4. The van der Waals surface area contributed by atoms with Crippen molar-refractivity contribution in [1.82, 2.24) is 10.2 Å². The second-order valence-corrected chi connectivity index (χ2v) is 6.74. The fourth-order valence-electron chi connectivity index (χ4n) is 3.19. The molecule has 1 aromatic rings. The van der Waals surface area contributed by atoms with Crippen molar-refractivity contribution >= 4 is 5.69 Å². The molecule has 0 saturated carbocycles. The molecule has 0 aliphatic carbocycles. The van der Waals surface area contributed by atoms with Gasteiger partial charge >= 0.3 is 6.18 Å². The zero-order valence-corrected chi connectivity index (χ0v) is 14.2. The molecular weight excluding hydrogens is 303 g/mol. The Hall–Kier alpha value is -1.27. The van der Waals surface area contributed by atoms with E-state index in [1.807, 2.05) is 14.1 Å². The average molecular weight is 329 g/mol. The van der Waals surface area contributed by atoms with Crippen LogP contribution in [0.4, 0.5) is 18.9 Å². The van der Waals surface area contributed by atoms with E-state index in [-0.39, 0.29) is 6.04 Å². The van der Waals surface area contributed by atoms with Crippen LogP contribution in [0.2, 0.25) is 0 Å². The lowest BCUT2D eigenvalue weighted by atomic mass is 9.96. The molecule has 1 aliphatic rings.